The summed E-state index contributed by atoms with van der Waals surface area (Å²) in [6, 6.07) is 10.6. The zero-order chi connectivity index (χ0) is 11.2. The number of piperazine rings is 1. The molecule has 0 radical (unpaired) electrons. The largest absolute Gasteiger partial charge is 0.314 e. The summed E-state index contributed by atoms with van der Waals surface area (Å²) in [5.74, 6) is 0. The third kappa shape index (κ3) is 3.30. The van der Waals surface area contributed by atoms with E-state index in [0.717, 1.165) is 32.7 Å². The maximum Gasteiger partial charge on any atom is 0.0571 e. The molecule has 0 aromatic heterocycles. The Morgan fingerprint density at radius 3 is 2.62 bits per heavy atom. The molecule has 1 fully saturated rings. The second-order valence-corrected chi connectivity index (χ2v) is 4.33. The van der Waals surface area contributed by atoms with Gasteiger partial charge in [-0.3, -0.25) is 10.2 Å². The highest BCUT2D eigenvalue weighted by atomic mass is 15.3. The molecular weight excluding hydrogens is 198 g/mol. The van der Waals surface area contributed by atoms with Gasteiger partial charge < -0.3 is 5.32 Å². The first-order valence-electron chi connectivity index (χ1n) is 6.08. The van der Waals surface area contributed by atoms with Gasteiger partial charge in [0.25, 0.3) is 0 Å². The molecule has 1 aromatic carbocycles. The third-order valence-electron chi connectivity index (χ3n) is 3.14. The van der Waals surface area contributed by atoms with Gasteiger partial charge in [-0.1, -0.05) is 30.3 Å². The van der Waals surface area contributed by atoms with Crippen molar-refractivity contribution < 1.29 is 0 Å². The van der Waals surface area contributed by atoms with Crippen molar-refractivity contribution in [2.24, 2.45) is 0 Å². The normalized spacial score (nSPS) is 19.6. The van der Waals surface area contributed by atoms with Crippen LogP contribution in [0.3, 0.4) is 0 Å². The van der Waals surface area contributed by atoms with Crippen molar-refractivity contribution in [2.75, 3.05) is 26.2 Å². The van der Waals surface area contributed by atoms with E-state index in [2.05, 4.69) is 52.8 Å². The van der Waals surface area contributed by atoms with Gasteiger partial charge in [-0.2, -0.15) is 0 Å². The van der Waals surface area contributed by atoms with Crippen LogP contribution < -0.4 is 10.6 Å². The van der Waals surface area contributed by atoms with E-state index in [1.165, 1.54) is 5.56 Å². The minimum atomic E-state index is 0.460. The number of hydrogen-bond acceptors (Lipinski definition) is 3. The van der Waals surface area contributed by atoms with Gasteiger partial charge in [-0.05, 0) is 12.5 Å². The minimum Gasteiger partial charge on any atom is -0.314 e. The summed E-state index contributed by atoms with van der Waals surface area (Å²) in [6.07, 6.45) is 0.460. The molecule has 1 unspecified atom stereocenters. The first-order chi connectivity index (χ1) is 7.86. The summed E-state index contributed by atoms with van der Waals surface area (Å²) >= 11 is 0. The standard InChI is InChI=1S/C13H21N3/c1-12(16-9-7-14-8-10-16)15-11-13-5-3-2-4-6-13/h2-6,12,14-15H,7-11H2,1H3. The van der Waals surface area contributed by atoms with E-state index in [0.29, 0.717) is 6.17 Å². The van der Waals surface area contributed by atoms with E-state index < -0.39 is 0 Å². The molecule has 1 aromatic rings. The molecular formula is C13H21N3. The molecule has 0 bridgehead atoms. The van der Waals surface area contributed by atoms with E-state index >= 15 is 0 Å². The van der Waals surface area contributed by atoms with Crippen LogP contribution in [0.15, 0.2) is 30.3 Å². The molecule has 0 saturated carbocycles. The maximum absolute atomic E-state index is 3.57. The Kier molecular flexibility index (Phi) is 4.34. The van der Waals surface area contributed by atoms with Crippen LogP contribution in [0, 0.1) is 0 Å². The smallest absolute Gasteiger partial charge is 0.0571 e. The van der Waals surface area contributed by atoms with Crippen LogP contribution in [0.2, 0.25) is 0 Å². The Hall–Kier alpha value is -0.900. The van der Waals surface area contributed by atoms with Crippen LogP contribution in [0.4, 0.5) is 0 Å². The van der Waals surface area contributed by atoms with E-state index in [9.17, 15) is 0 Å². The van der Waals surface area contributed by atoms with Gasteiger partial charge in [0.1, 0.15) is 0 Å². The molecule has 1 heterocycles. The Labute approximate surface area is 97.8 Å². The zero-order valence-corrected chi connectivity index (χ0v) is 9.95. The topological polar surface area (TPSA) is 27.3 Å². The van der Waals surface area contributed by atoms with E-state index in [-0.39, 0.29) is 0 Å². The summed E-state index contributed by atoms with van der Waals surface area (Å²) < 4.78 is 0. The zero-order valence-electron chi connectivity index (χ0n) is 9.95. The monoisotopic (exact) mass is 219 g/mol. The van der Waals surface area contributed by atoms with Crippen LogP contribution in [-0.4, -0.2) is 37.2 Å². The Morgan fingerprint density at radius 1 is 1.25 bits per heavy atom. The Balaban J connectivity index is 1.76. The minimum absolute atomic E-state index is 0.460. The van der Waals surface area contributed by atoms with Crippen molar-refractivity contribution in [2.45, 2.75) is 19.6 Å². The van der Waals surface area contributed by atoms with Crippen LogP contribution in [0.5, 0.6) is 0 Å². The van der Waals surface area contributed by atoms with E-state index in [4.69, 9.17) is 0 Å². The Bertz CT molecular complexity index is 293. The first-order valence-corrected chi connectivity index (χ1v) is 6.08. The third-order valence-corrected chi connectivity index (χ3v) is 3.14. The molecule has 0 amide bonds. The SMILES string of the molecule is CC(NCc1ccccc1)N1CCNCC1. The molecule has 0 spiro atoms. The van der Waals surface area contributed by atoms with Crippen molar-refractivity contribution in [3.8, 4) is 0 Å². The molecule has 1 aliphatic rings. The first kappa shape index (κ1) is 11.6. The molecule has 88 valence electrons. The van der Waals surface area contributed by atoms with Crippen LogP contribution >= 0.6 is 0 Å². The fourth-order valence-electron chi connectivity index (χ4n) is 2.06. The van der Waals surface area contributed by atoms with Gasteiger partial charge in [0, 0.05) is 32.7 Å². The van der Waals surface area contributed by atoms with Crippen molar-refractivity contribution in [3.63, 3.8) is 0 Å². The summed E-state index contributed by atoms with van der Waals surface area (Å²) in [4.78, 5) is 2.49. The van der Waals surface area contributed by atoms with Crippen LogP contribution in [0.25, 0.3) is 0 Å². The lowest BCUT2D eigenvalue weighted by Crippen LogP contribution is -2.52. The highest BCUT2D eigenvalue weighted by Crippen LogP contribution is 2.01. The number of rotatable bonds is 4. The molecule has 3 heteroatoms. The van der Waals surface area contributed by atoms with Gasteiger partial charge >= 0.3 is 0 Å². The summed E-state index contributed by atoms with van der Waals surface area (Å²) in [5.41, 5.74) is 1.35. The van der Waals surface area contributed by atoms with Crippen molar-refractivity contribution in [1.82, 2.24) is 15.5 Å². The average molecular weight is 219 g/mol. The van der Waals surface area contributed by atoms with Crippen LogP contribution in [-0.2, 0) is 6.54 Å². The highest BCUT2D eigenvalue weighted by molar-refractivity contribution is 5.14. The fraction of sp³-hybridized carbons (Fsp3) is 0.538. The summed E-state index contributed by atoms with van der Waals surface area (Å²) in [6.45, 7) is 7.70. The maximum atomic E-state index is 3.57. The predicted octanol–water partition coefficient (Wildman–Crippen LogP) is 1.03. The number of nitrogens with one attached hydrogen (secondary N) is 2. The van der Waals surface area contributed by atoms with Crippen molar-refractivity contribution in [1.29, 1.82) is 0 Å². The van der Waals surface area contributed by atoms with Gasteiger partial charge in [0.15, 0.2) is 0 Å². The molecule has 2 N–H and O–H groups in total. The number of hydrogen-bond donors (Lipinski definition) is 2. The summed E-state index contributed by atoms with van der Waals surface area (Å²) in [7, 11) is 0. The molecule has 1 atom stereocenters. The number of benzene rings is 1. The van der Waals surface area contributed by atoms with E-state index in [1.54, 1.807) is 0 Å². The molecule has 0 aliphatic carbocycles. The average Bonchev–Trinajstić information content (AvgIpc) is 2.38. The fourth-order valence-corrected chi connectivity index (χ4v) is 2.06. The lowest BCUT2D eigenvalue weighted by atomic mass is 10.2. The van der Waals surface area contributed by atoms with Gasteiger partial charge in [-0.15, -0.1) is 0 Å². The second-order valence-electron chi connectivity index (χ2n) is 4.33. The predicted molar refractivity (Wildman–Crippen MR) is 67.2 cm³/mol. The van der Waals surface area contributed by atoms with E-state index in [1.807, 2.05) is 0 Å². The molecule has 16 heavy (non-hydrogen) atoms. The second kappa shape index (κ2) is 5.99. The Morgan fingerprint density at radius 2 is 1.94 bits per heavy atom. The van der Waals surface area contributed by atoms with Crippen LogP contribution in [0.1, 0.15) is 12.5 Å². The van der Waals surface area contributed by atoms with Gasteiger partial charge in [-0.25, -0.2) is 0 Å². The molecule has 2 rings (SSSR count). The quantitative estimate of drug-likeness (QED) is 0.792. The van der Waals surface area contributed by atoms with Crippen molar-refractivity contribution in [3.05, 3.63) is 35.9 Å². The summed E-state index contributed by atoms with van der Waals surface area (Å²) in [5, 5.41) is 6.94. The van der Waals surface area contributed by atoms with Crippen molar-refractivity contribution >= 4 is 0 Å². The molecule has 1 saturated heterocycles. The lowest BCUT2D eigenvalue weighted by molar-refractivity contribution is 0.156. The number of nitrogens with zero attached hydrogens (tertiary/aromatic N) is 1. The molecule has 1 aliphatic heterocycles. The molecule has 3 nitrogen and oxygen atoms in total. The van der Waals surface area contributed by atoms with Gasteiger partial charge in [0.05, 0.1) is 6.17 Å². The lowest BCUT2D eigenvalue weighted by Gasteiger charge is -2.33. The van der Waals surface area contributed by atoms with Gasteiger partial charge in [0.2, 0.25) is 0 Å². The highest BCUT2D eigenvalue weighted by Gasteiger charge is 2.15.